The van der Waals surface area contributed by atoms with Gasteiger partial charge in [0.05, 0.1) is 19.8 Å². The maximum atomic E-state index is 13.9. The fourth-order valence-corrected chi connectivity index (χ4v) is 7.69. The van der Waals surface area contributed by atoms with Gasteiger partial charge in [-0.15, -0.1) is 0 Å². The standard InChI is InChI=1S/C37H48N2O14P2/c1-4-6-8-9-10-12-35(41)52-31-19-15-29(16-20-31)25-49-55(46,48-24-28-13-17-30(18-14-28)51-34(40)11-7-5-2)53-54(44,45)47-26-32-21-22-33(50-32)39-23-27(3)36(42)38-37(39)43/h13-23,32-33H,4-12,24-26H2,1-3H3,(H,44,45)(H,38,42,43)/t32?,33-,55?/m1/s1. The summed E-state index contributed by atoms with van der Waals surface area (Å²) >= 11 is 0. The summed E-state index contributed by atoms with van der Waals surface area (Å²) in [5.41, 5.74) is -0.112. The van der Waals surface area contributed by atoms with Crippen LogP contribution in [0.2, 0.25) is 0 Å². The van der Waals surface area contributed by atoms with Crippen LogP contribution in [0.4, 0.5) is 0 Å². The highest BCUT2D eigenvalue weighted by molar-refractivity contribution is 7.61. The van der Waals surface area contributed by atoms with Crippen LogP contribution < -0.4 is 20.7 Å². The summed E-state index contributed by atoms with van der Waals surface area (Å²) in [7, 11) is -10.0. The van der Waals surface area contributed by atoms with Crippen LogP contribution in [0.25, 0.3) is 0 Å². The summed E-state index contributed by atoms with van der Waals surface area (Å²) in [5, 5.41) is 0. The van der Waals surface area contributed by atoms with Gasteiger partial charge in [-0.25, -0.2) is 13.9 Å². The molecular weight excluding hydrogens is 758 g/mol. The lowest BCUT2D eigenvalue weighted by molar-refractivity contribution is -0.135. The molecule has 300 valence electrons. The number of ether oxygens (including phenoxy) is 3. The van der Waals surface area contributed by atoms with Crippen LogP contribution in [-0.2, 0) is 54.6 Å². The molecule has 3 aromatic rings. The van der Waals surface area contributed by atoms with Gasteiger partial charge in [-0.05, 0) is 61.2 Å². The third kappa shape index (κ3) is 14.9. The van der Waals surface area contributed by atoms with Gasteiger partial charge in [-0.3, -0.25) is 37.5 Å². The van der Waals surface area contributed by atoms with E-state index in [-0.39, 0.29) is 23.9 Å². The number of hydrogen-bond donors (Lipinski definition) is 2. The number of aromatic nitrogens is 2. The Balaban J connectivity index is 1.38. The highest BCUT2D eigenvalue weighted by atomic mass is 31.3. The molecule has 4 atom stereocenters. The first-order valence-electron chi connectivity index (χ1n) is 18.1. The van der Waals surface area contributed by atoms with Gasteiger partial charge in [0, 0.05) is 24.6 Å². The van der Waals surface area contributed by atoms with E-state index in [9.17, 15) is 33.2 Å². The second-order valence-electron chi connectivity index (χ2n) is 12.8. The molecule has 2 heterocycles. The Morgan fingerprint density at radius 1 is 0.782 bits per heavy atom. The van der Waals surface area contributed by atoms with Crippen molar-refractivity contribution in [2.75, 3.05) is 6.61 Å². The van der Waals surface area contributed by atoms with E-state index in [1.54, 1.807) is 24.3 Å². The van der Waals surface area contributed by atoms with E-state index in [4.69, 9.17) is 32.1 Å². The number of unbranched alkanes of at least 4 members (excludes halogenated alkanes) is 5. The molecule has 4 rings (SSSR count). The minimum atomic E-state index is -5.16. The van der Waals surface area contributed by atoms with Gasteiger partial charge in [0.25, 0.3) is 5.56 Å². The zero-order valence-corrected chi connectivity index (χ0v) is 32.9. The van der Waals surface area contributed by atoms with Crippen molar-refractivity contribution in [1.82, 2.24) is 9.55 Å². The molecule has 0 aliphatic carbocycles. The van der Waals surface area contributed by atoms with Crippen molar-refractivity contribution in [1.29, 1.82) is 0 Å². The van der Waals surface area contributed by atoms with Gasteiger partial charge >= 0.3 is 33.3 Å². The smallest absolute Gasteiger partial charge is 0.427 e. The number of carbonyl (C=O) groups excluding carboxylic acids is 2. The lowest BCUT2D eigenvalue weighted by Gasteiger charge is -2.22. The monoisotopic (exact) mass is 806 g/mol. The van der Waals surface area contributed by atoms with Crippen LogP contribution >= 0.6 is 15.6 Å². The zero-order valence-electron chi connectivity index (χ0n) is 31.1. The largest absolute Gasteiger partial charge is 0.484 e. The number of rotatable bonds is 23. The lowest BCUT2D eigenvalue weighted by Crippen LogP contribution is -2.33. The Morgan fingerprint density at radius 3 is 1.89 bits per heavy atom. The number of hydrogen-bond acceptors (Lipinski definition) is 13. The van der Waals surface area contributed by atoms with Crippen molar-refractivity contribution in [3.63, 3.8) is 0 Å². The van der Waals surface area contributed by atoms with Crippen LogP contribution in [0.3, 0.4) is 0 Å². The van der Waals surface area contributed by atoms with Gasteiger partial charge < -0.3 is 19.1 Å². The molecule has 0 fully saturated rings. The fraction of sp³-hybridized carbons (Fsp3) is 0.459. The van der Waals surface area contributed by atoms with Gasteiger partial charge in [0.2, 0.25) is 0 Å². The molecule has 0 spiro atoms. The van der Waals surface area contributed by atoms with Crippen molar-refractivity contribution in [2.45, 2.75) is 104 Å². The first kappa shape index (κ1) is 43.7. The lowest BCUT2D eigenvalue weighted by atomic mass is 10.1. The van der Waals surface area contributed by atoms with Crippen molar-refractivity contribution in [3.8, 4) is 11.5 Å². The Morgan fingerprint density at radius 2 is 1.33 bits per heavy atom. The molecule has 0 amide bonds. The molecule has 2 N–H and O–H groups in total. The second kappa shape index (κ2) is 21.4. The Bertz CT molecular complexity index is 1960. The average Bonchev–Trinajstić information content (AvgIpc) is 3.63. The summed E-state index contributed by atoms with van der Waals surface area (Å²) in [6.45, 7) is 4.22. The number of H-pyrrole nitrogens is 1. The van der Waals surface area contributed by atoms with Crippen molar-refractivity contribution < 1.29 is 55.7 Å². The van der Waals surface area contributed by atoms with Crippen molar-refractivity contribution in [3.05, 3.63) is 104 Å². The van der Waals surface area contributed by atoms with Crippen LogP contribution in [0.1, 0.15) is 94.6 Å². The van der Waals surface area contributed by atoms with Crippen LogP contribution in [-0.4, -0.2) is 39.1 Å². The summed E-state index contributed by atoms with van der Waals surface area (Å²) in [4.78, 5) is 61.0. The summed E-state index contributed by atoms with van der Waals surface area (Å²) in [6, 6.07) is 12.3. The second-order valence-corrected chi connectivity index (χ2v) is 16.0. The molecule has 1 aliphatic rings. The van der Waals surface area contributed by atoms with E-state index in [1.807, 2.05) is 6.92 Å². The summed E-state index contributed by atoms with van der Waals surface area (Å²) in [6.07, 6.45) is 9.47. The first-order chi connectivity index (χ1) is 26.3. The number of phosphoric acid groups is 2. The van der Waals surface area contributed by atoms with E-state index in [2.05, 4.69) is 11.9 Å². The molecule has 1 aromatic heterocycles. The Kier molecular flexibility index (Phi) is 17.0. The van der Waals surface area contributed by atoms with E-state index < -0.39 is 59.0 Å². The predicted molar refractivity (Wildman–Crippen MR) is 200 cm³/mol. The van der Waals surface area contributed by atoms with Crippen LogP contribution in [0.15, 0.2) is 76.5 Å². The molecule has 16 nitrogen and oxygen atoms in total. The van der Waals surface area contributed by atoms with Crippen molar-refractivity contribution >= 4 is 27.6 Å². The molecular formula is C37H48N2O14P2. The van der Waals surface area contributed by atoms with Gasteiger partial charge in [-0.1, -0.05) is 76.3 Å². The third-order valence-electron chi connectivity index (χ3n) is 8.14. The number of benzene rings is 2. The zero-order chi connectivity index (χ0) is 39.8. The normalized spacial score (nSPS) is 17.4. The number of esters is 2. The molecule has 0 saturated heterocycles. The van der Waals surface area contributed by atoms with Gasteiger partial charge in [0.1, 0.15) is 17.6 Å². The highest BCUT2D eigenvalue weighted by Gasteiger charge is 2.39. The van der Waals surface area contributed by atoms with Crippen LogP contribution in [0, 0.1) is 6.92 Å². The van der Waals surface area contributed by atoms with Crippen molar-refractivity contribution in [2.24, 2.45) is 0 Å². The minimum Gasteiger partial charge on any atom is -0.427 e. The fourth-order valence-electron chi connectivity index (χ4n) is 5.09. The molecule has 3 unspecified atom stereocenters. The number of nitrogens with zero attached hydrogens (tertiary/aromatic N) is 1. The number of aryl methyl sites for hydroxylation is 1. The number of phosphoric ester groups is 2. The summed E-state index contributed by atoms with van der Waals surface area (Å²) < 4.78 is 65.6. The van der Waals surface area contributed by atoms with E-state index in [0.717, 1.165) is 43.1 Å². The number of carbonyl (C=O) groups is 2. The van der Waals surface area contributed by atoms with E-state index in [1.165, 1.54) is 49.5 Å². The molecule has 2 aromatic carbocycles. The van der Waals surface area contributed by atoms with Gasteiger partial charge in [0.15, 0.2) is 6.23 Å². The molecule has 0 bridgehead atoms. The Hall–Kier alpha value is -3.98. The quantitative estimate of drug-likeness (QED) is 0.0316. The molecule has 55 heavy (non-hydrogen) atoms. The average molecular weight is 807 g/mol. The number of aromatic amines is 1. The number of nitrogens with one attached hydrogen (secondary N) is 1. The third-order valence-corrected chi connectivity index (χ3v) is 11.1. The topological polar surface area (TPSA) is 208 Å². The highest BCUT2D eigenvalue weighted by Crippen LogP contribution is 2.64. The molecule has 18 heteroatoms. The summed E-state index contributed by atoms with van der Waals surface area (Å²) in [5.74, 6) is -0.144. The minimum absolute atomic E-state index is 0.268. The molecule has 0 saturated carbocycles. The van der Waals surface area contributed by atoms with E-state index in [0.29, 0.717) is 35.5 Å². The maximum absolute atomic E-state index is 13.9. The maximum Gasteiger partial charge on any atom is 0.484 e. The van der Waals surface area contributed by atoms with E-state index >= 15 is 0 Å². The molecule has 1 aliphatic heterocycles. The first-order valence-corrected chi connectivity index (χ1v) is 21.1. The van der Waals surface area contributed by atoms with Gasteiger partial charge in [-0.2, -0.15) is 4.31 Å². The predicted octanol–water partition coefficient (Wildman–Crippen LogP) is 7.34. The Labute approximate surface area is 318 Å². The SMILES string of the molecule is CCCCCCCC(=O)Oc1ccc(COP(=O)(OCc2ccc(OC(=O)CCCC)cc2)OP(=O)(O)OCC2C=C[C@H](n3cc(C)c(=O)[nH]c3=O)O2)cc1. The van der Waals surface area contributed by atoms with Crippen LogP contribution in [0.5, 0.6) is 11.5 Å². The molecule has 0 radical (unpaired) electrons.